The van der Waals surface area contributed by atoms with Crippen molar-refractivity contribution in [3.8, 4) is 17.0 Å². The Balaban J connectivity index is 1.41. The average Bonchev–Trinajstić information content (AvgIpc) is 3.04. The largest absolute Gasteiger partial charge is 0.507 e. The van der Waals surface area contributed by atoms with E-state index in [9.17, 15) is 5.11 Å². The van der Waals surface area contributed by atoms with Gasteiger partial charge in [-0.15, -0.1) is 10.2 Å². The highest BCUT2D eigenvalue weighted by Crippen LogP contribution is 2.33. The lowest BCUT2D eigenvalue weighted by Gasteiger charge is -2.36. The second-order valence-corrected chi connectivity index (χ2v) is 7.74. The summed E-state index contributed by atoms with van der Waals surface area (Å²) in [5.74, 6) is 1.08. The predicted molar refractivity (Wildman–Crippen MR) is 106 cm³/mol. The zero-order valence-electron chi connectivity index (χ0n) is 15.3. The van der Waals surface area contributed by atoms with Crippen LogP contribution in [0.2, 0.25) is 0 Å². The minimum absolute atomic E-state index is 0.195. The minimum Gasteiger partial charge on any atom is -0.507 e. The average molecular weight is 361 g/mol. The summed E-state index contributed by atoms with van der Waals surface area (Å²) in [5.41, 5.74) is 1.36. The number of pyridine rings is 1. The number of phenols is 1. The highest BCUT2D eigenvalue weighted by atomic mass is 16.3. The number of benzene rings is 1. The smallest absolute Gasteiger partial charge is 0.151 e. The molecule has 4 heterocycles. The van der Waals surface area contributed by atoms with E-state index in [2.05, 4.69) is 32.4 Å². The van der Waals surface area contributed by atoms with Crippen molar-refractivity contribution in [2.24, 2.45) is 0 Å². The maximum absolute atomic E-state index is 10.4. The first-order valence-electron chi connectivity index (χ1n) is 9.57. The Morgan fingerprint density at radius 2 is 1.85 bits per heavy atom. The SMILES string of the molecule is CN(c1ccc(-c2cc3ccncc3cc2O)nn1)C1C[C@H]2CC[C@@H](C1)N2. The van der Waals surface area contributed by atoms with Gasteiger partial charge in [-0.3, -0.25) is 4.98 Å². The third-order valence-corrected chi connectivity index (χ3v) is 6.04. The number of rotatable bonds is 3. The highest BCUT2D eigenvalue weighted by Gasteiger charge is 2.35. The van der Waals surface area contributed by atoms with Gasteiger partial charge in [0, 0.05) is 48.5 Å². The number of nitrogens with zero attached hydrogens (tertiary/aromatic N) is 4. The fraction of sp³-hybridized carbons (Fsp3) is 0.381. The molecule has 6 nitrogen and oxygen atoms in total. The lowest BCUT2D eigenvalue weighted by Crippen LogP contribution is -2.47. The van der Waals surface area contributed by atoms with Crippen molar-refractivity contribution in [2.45, 2.75) is 43.8 Å². The van der Waals surface area contributed by atoms with Crippen LogP contribution in [0.25, 0.3) is 22.0 Å². The molecule has 0 aliphatic carbocycles. The van der Waals surface area contributed by atoms with E-state index in [0.29, 0.717) is 29.4 Å². The lowest BCUT2D eigenvalue weighted by atomic mass is 9.98. The van der Waals surface area contributed by atoms with E-state index in [4.69, 9.17) is 0 Å². The summed E-state index contributed by atoms with van der Waals surface area (Å²) in [5, 5.41) is 24.9. The predicted octanol–water partition coefficient (Wildman–Crippen LogP) is 3.12. The Hall–Kier alpha value is -2.73. The number of phenolic OH excluding ortho intramolecular Hbond substituents is 1. The Labute approximate surface area is 158 Å². The zero-order valence-corrected chi connectivity index (χ0v) is 15.3. The van der Waals surface area contributed by atoms with Crippen molar-refractivity contribution < 1.29 is 5.11 Å². The first kappa shape index (κ1) is 16.4. The molecule has 3 aromatic rings. The molecule has 0 saturated carbocycles. The molecule has 1 unspecified atom stereocenters. The van der Waals surface area contributed by atoms with E-state index in [1.807, 2.05) is 24.3 Å². The Morgan fingerprint density at radius 3 is 2.59 bits per heavy atom. The summed E-state index contributed by atoms with van der Waals surface area (Å²) in [6.07, 6.45) is 8.40. The lowest BCUT2D eigenvalue weighted by molar-refractivity contribution is 0.353. The number of hydrogen-bond acceptors (Lipinski definition) is 6. The second-order valence-electron chi connectivity index (χ2n) is 7.74. The third kappa shape index (κ3) is 3.00. The van der Waals surface area contributed by atoms with Crippen molar-refractivity contribution in [3.05, 3.63) is 42.7 Å². The Kier molecular flexibility index (Phi) is 3.93. The van der Waals surface area contributed by atoms with E-state index in [0.717, 1.165) is 29.4 Å². The molecular weight excluding hydrogens is 338 g/mol. The van der Waals surface area contributed by atoms with Crippen molar-refractivity contribution in [1.29, 1.82) is 0 Å². The summed E-state index contributed by atoms with van der Waals surface area (Å²) in [7, 11) is 2.11. The van der Waals surface area contributed by atoms with E-state index < -0.39 is 0 Å². The molecule has 2 saturated heterocycles. The first-order valence-corrected chi connectivity index (χ1v) is 9.57. The van der Waals surface area contributed by atoms with Gasteiger partial charge in [0.25, 0.3) is 0 Å². The van der Waals surface area contributed by atoms with E-state index in [1.54, 1.807) is 18.5 Å². The van der Waals surface area contributed by atoms with Crippen LogP contribution in [0.15, 0.2) is 42.7 Å². The molecule has 0 amide bonds. The van der Waals surface area contributed by atoms with Crippen LogP contribution < -0.4 is 10.2 Å². The van der Waals surface area contributed by atoms with Gasteiger partial charge in [0.2, 0.25) is 0 Å². The van der Waals surface area contributed by atoms with Gasteiger partial charge in [0.15, 0.2) is 5.82 Å². The van der Waals surface area contributed by atoms with Crippen LogP contribution in [-0.4, -0.2) is 45.5 Å². The minimum atomic E-state index is 0.195. The number of aromatic hydroxyl groups is 1. The Morgan fingerprint density at radius 1 is 1.04 bits per heavy atom. The van der Waals surface area contributed by atoms with Gasteiger partial charge in [-0.25, -0.2) is 0 Å². The Bertz CT molecular complexity index is 962. The van der Waals surface area contributed by atoms with Gasteiger partial charge >= 0.3 is 0 Å². The summed E-state index contributed by atoms with van der Waals surface area (Å²) < 4.78 is 0. The molecule has 2 N–H and O–H groups in total. The number of anilines is 1. The summed E-state index contributed by atoms with van der Waals surface area (Å²) in [6.45, 7) is 0. The number of hydrogen-bond donors (Lipinski definition) is 2. The number of fused-ring (bicyclic) bond motifs is 3. The van der Waals surface area contributed by atoms with Gasteiger partial charge in [-0.2, -0.15) is 0 Å². The van der Waals surface area contributed by atoms with Crippen LogP contribution in [-0.2, 0) is 0 Å². The summed E-state index contributed by atoms with van der Waals surface area (Å²) >= 11 is 0. The molecular formula is C21H23N5O. The fourth-order valence-electron chi connectivity index (χ4n) is 4.52. The van der Waals surface area contributed by atoms with Crippen molar-refractivity contribution >= 4 is 16.6 Å². The third-order valence-electron chi connectivity index (χ3n) is 6.04. The summed E-state index contributed by atoms with van der Waals surface area (Å²) in [6, 6.07) is 11.3. The monoisotopic (exact) mass is 361 g/mol. The van der Waals surface area contributed by atoms with E-state index >= 15 is 0 Å². The van der Waals surface area contributed by atoms with E-state index in [1.165, 1.54) is 12.8 Å². The van der Waals surface area contributed by atoms with Gasteiger partial charge in [-0.05, 0) is 61.4 Å². The van der Waals surface area contributed by atoms with Crippen LogP contribution in [0.4, 0.5) is 5.82 Å². The molecule has 2 aliphatic heterocycles. The van der Waals surface area contributed by atoms with Crippen molar-refractivity contribution in [3.63, 3.8) is 0 Å². The number of nitrogens with one attached hydrogen (secondary N) is 1. The van der Waals surface area contributed by atoms with Gasteiger partial charge < -0.3 is 15.3 Å². The van der Waals surface area contributed by atoms with Crippen molar-refractivity contribution in [1.82, 2.24) is 20.5 Å². The summed E-state index contributed by atoms with van der Waals surface area (Å²) in [4.78, 5) is 6.36. The fourth-order valence-corrected chi connectivity index (χ4v) is 4.52. The molecule has 27 heavy (non-hydrogen) atoms. The van der Waals surface area contributed by atoms with Crippen LogP contribution in [0.1, 0.15) is 25.7 Å². The quantitative estimate of drug-likeness (QED) is 0.747. The first-order chi connectivity index (χ1) is 13.2. The molecule has 2 bridgehead atoms. The van der Waals surface area contributed by atoms with Gasteiger partial charge in [0.1, 0.15) is 5.75 Å². The molecule has 3 atom stereocenters. The maximum atomic E-state index is 10.4. The standard InChI is InChI=1S/C21H23N5O/c1-26(17-10-15-2-3-16(11-17)23-15)21-5-4-19(24-25-21)18-8-13-6-7-22-12-14(13)9-20(18)27/h4-9,12,15-17,23,27H,2-3,10-11H2,1H3/t15-,16+,17?. The molecule has 0 radical (unpaired) electrons. The van der Waals surface area contributed by atoms with Crippen molar-refractivity contribution in [2.75, 3.05) is 11.9 Å². The van der Waals surface area contributed by atoms with Gasteiger partial charge in [-0.1, -0.05) is 0 Å². The molecule has 5 rings (SSSR count). The number of aromatic nitrogens is 3. The van der Waals surface area contributed by atoms with Crippen LogP contribution >= 0.6 is 0 Å². The second kappa shape index (κ2) is 6.46. The molecule has 2 aliphatic rings. The maximum Gasteiger partial charge on any atom is 0.151 e. The van der Waals surface area contributed by atoms with E-state index in [-0.39, 0.29) is 5.75 Å². The molecule has 6 heteroatoms. The van der Waals surface area contributed by atoms with Crippen LogP contribution in [0, 0.1) is 0 Å². The molecule has 1 aromatic carbocycles. The molecule has 138 valence electrons. The topological polar surface area (TPSA) is 74.2 Å². The van der Waals surface area contributed by atoms with Gasteiger partial charge in [0.05, 0.1) is 5.69 Å². The van der Waals surface area contributed by atoms with Crippen LogP contribution in [0.5, 0.6) is 5.75 Å². The molecule has 2 fully saturated rings. The van der Waals surface area contributed by atoms with Crippen LogP contribution in [0.3, 0.4) is 0 Å². The molecule has 0 spiro atoms. The number of piperidine rings is 1. The zero-order chi connectivity index (χ0) is 18.4. The highest BCUT2D eigenvalue weighted by molar-refractivity contribution is 5.89. The normalized spacial score (nSPS) is 24.3. The molecule has 2 aromatic heterocycles.